The summed E-state index contributed by atoms with van der Waals surface area (Å²) in [7, 11) is 0. The number of hydrogen-bond acceptors (Lipinski definition) is 6. The van der Waals surface area contributed by atoms with Gasteiger partial charge in [-0.1, -0.05) is 0 Å². The molecule has 0 aromatic carbocycles. The molecule has 4 heterocycles. The van der Waals surface area contributed by atoms with Gasteiger partial charge in [-0.25, -0.2) is 4.79 Å². The summed E-state index contributed by atoms with van der Waals surface area (Å²) >= 11 is 0. The van der Waals surface area contributed by atoms with Gasteiger partial charge in [0.1, 0.15) is 11.3 Å². The van der Waals surface area contributed by atoms with Crippen LogP contribution in [0, 0.1) is 6.92 Å². The van der Waals surface area contributed by atoms with E-state index in [9.17, 15) is 9.59 Å². The molecule has 3 aliphatic rings. The number of hydrogen-bond donors (Lipinski definition) is 1. The molecular weight excluding hydrogens is 372 g/mol. The molecule has 1 amide bonds. The maximum Gasteiger partial charge on any atom is 0.349 e. The zero-order valence-electron chi connectivity index (χ0n) is 15.6. The second-order valence-electron chi connectivity index (χ2n) is 7.57. The maximum absolute atomic E-state index is 13.0. The highest BCUT2D eigenvalue weighted by Gasteiger charge is 2.41. The Labute approximate surface area is 164 Å². The Kier molecular flexibility index (Phi) is 6.25. The summed E-state index contributed by atoms with van der Waals surface area (Å²) in [6.45, 7) is 6.32. The van der Waals surface area contributed by atoms with Crippen LogP contribution in [0.2, 0.25) is 0 Å². The highest BCUT2D eigenvalue weighted by Crippen LogP contribution is 2.28. The zero-order valence-corrected chi connectivity index (χ0v) is 16.4. The quantitative estimate of drug-likeness (QED) is 0.812. The Balaban J connectivity index is 0.00000210. The number of carbonyl (C=O) groups excluding carboxylic acids is 1. The Morgan fingerprint density at radius 3 is 2.74 bits per heavy atom. The number of nitrogens with one attached hydrogen (secondary N) is 1. The van der Waals surface area contributed by atoms with Crippen molar-refractivity contribution in [2.45, 2.75) is 37.7 Å². The number of aryl methyl sites for hydroxylation is 1. The van der Waals surface area contributed by atoms with Crippen molar-refractivity contribution < 1.29 is 18.7 Å². The summed E-state index contributed by atoms with van der Waals surface area (Å²) < 4.78 is 16.9. The third-order valence-electron chi connectivity index (χ3n) is 5.75. The molecule has 1 spiro atoms. The third kappa shape index (κ3) is 4.06. The molecule has 8 heteroatoms. The second kappa shape index (κ2) is 8.31. The van der Waals surface area contributed by atoms with Crippen molar-refractivity contribution in [3.63, 3.8) is 0 Å². The van der Waals surface area contributed by atoms with Gasteiger partial charge in [0.15, 0.2) is 0 Å². The van der Waals surface area contributed by atoms with Crippen LogP contribution in [-0.4, -0.2) is 62.4 Å². The predicted molar refractivity (Wildman–Crippen MR) is 102 cm³/mol. The summed E-state index contributed by atoms with van der Waals surface area (Å²) in [6, 6.07) is 1.86. The molecule has 1 N–H and O–H groups in total. The molecule has 1 aromatic heterocycles. The lowest BCUT2D eigenvalue weighted by atomic mass is 9.95. The molecule has 0 aliphatic carbocycles. The van der Waals surface area contributed by atoms with Crippen LogP contribution >= 0.6 is 12.4 Å². The summed E-state index contributed by atoms with van der Waals surface area (Å²) in [5, 5.41) is 3.30. The molecule has 1 atom stereocenters. The zero-order chi connectivity index (χ0) is 18.1. The van der Waals surface area contributed by atoms with Crippen LogP contribution in [0.3, 0.4) is 0 Å². The van der Waals surface area contributed by atoms with Crippen LogP contribution in [0.15, 0.2) is 15.3 Å². The summed E-state index contributed by atoms with van der Waals surface area (Å²) in [5.74, 6) is 0.616. The van der Waals surface area contributed by atoms with Crippen molar-refractivity contribution >= 4 is 18.3 Å². The van der Waals surface area contributed by atoms with Gasteiger partial charge in [0, 0.05) is 32.2 Å². The van der Waals surface area contributed by atoms with E-state index in [1.54, 1.807) is 4.90 Å². The molecule has 3 aliphatic heterocycles. The van der Waals surface area contributed by atoms with Crippen molar-refractivity contribution in [3.8, 4) is 0 Å². The number of carbonyl (C=O) groups is 1. The van der Waals surface area contributed by atoms with Crippen LogP contribution in [0.5, 0.6) is 0 Å². The van der Waals surface area contributed by atoms with Gasteiger partial charge in [-0.3, -0.25) is 4.79 Å². The van der Waals surface area contributed by atoms with E-state index < -0.39 is 5.63 Å². The van der Waals surface area contributed by atoms with Gasteiger partial charge in [0.25, 0.3) is 5.91 Å². The number of halogens is 1. The third-order valence-corrected chi connectivity index (χ3v) is 5.75. The lowest BCUT2D eigenvalue weighted by Gasteiger charge is -2.40. The van der Waals surface area contributed by atoms with Gasteiger partial charge >= 0.3 is 5.63 Å². The SMILES string of the molecule is Cc1cc(C2CCOCC2)oc(=O)c1C(=O)N1CCOC2(CCNC2)C1.Cl. The van der Waals surface area contributed by atoms with E-state index in [-0.39, 0.29) is 35.4 Å². The molecule has 1 unspecified atom stereocenters. The Morgan fingerprint density at radius 2 is 2.07 bits per heavy atom. The van der Waals surface area contributed by atoms with E-state index in [0.29, 0.717) is 44.2 Å². The monoisotopic (exact) mass is 398 g/mol. The largest absolute Gasteiger partial charge is 0.427 e. The van der Waals surface area contributed by atoms with Crippen molar-refractivity contribution in [3.05, 3.63) is 33.4 Å². The molecular formula is C19H27ClN2O5. The molecule has 0 saturated carbocycles. The standard InChI is InChI=1S/C19H26N2O5.ClH/c1-13-10-15(14-2-7-24-8-3-14)26-18(23)16(13)17(22)21-6-9-25-19(12-21)4-5-20-11-19;/h10,14,20H,2-9,11-12H2,1H3;1H. The normalized spacial score (nSPS) is 26.2. The van der Waals surface area contributed by atoms with Crippen molar-refractivity contribution in [2.75, 3.05) is 46.0 Å². The lowest BCUT2D eigenvalue weighted by molar-refractivity contribution is -0.0867. The van der Waals surface area contributed by atoms with Crippen LogP contribution in [-0.2, 0) is 9.47 Å². The second-order valence-corrected chi connectivity index (χ2v) is 7.57. The lowest BCUT2D eigenvalue weighted by Crippen LogP contribution is -2.55. The number of nitrogens with zero attached hydrogens (tertiary/aromatic N) is 1. The van der Waals surface area contributed by atoms with Gasteiger partial charge in [0.05, 0.1) is 18.8 Å². The van der Waals surface area contributed by atoms with Crippen molar-refractivity contribution in [1.82, 2.24) is 10.2 Å². The summed E-state index contributed by atoms with van der Waals surface area (Å²) in [6.07, 6.45) is 2.57. The minimum absolute atomic E-state index is 0. The van der Waals surface area contributed by atoms with Gasteiger partial charge in [0.2, 0.25) is 0 Å². The molecule has 4 rings (SSSR count). The smallest absolute Gasteiger partial charge is 0.349 e. The van der Waals surface area contributed by atoms with Crippen LogP contribution < -0.4 is 10.9 Å². The number of amides is 1. The minimum Gasteiger partial charge on any atom is -0.427 e. The van der Waals surface area contributed by atoms with E-state index in [2.05, 4.69) is 5.32 Å². The molecule has 7 nitrogen and oxygen atoms in total. The van der Waals surface area contributed by atoms with Gasteiger partial charge in [-0.05, 0) is 44.4 Å². The average molecular weight is 399 g/mol. The topological polar surface area (TPSA) is 81.0 Å². The van der Waals surface area contributed by atoms with Crippen LogP contribution in [0.25, 0.3) is 0 Å². The first-order valence-corrected chi connectivity index (χ1v) is 9.44. The van der Waals surface area contributed by atoms with E-state index >= 15 is 0 Å². The predicted octanol–water partition coefficient (Wildman–Crippen LogP) is 1.47. The molecule has 1 aromatic rings. The molecule has 0 radical (unpaired) electrons. The minimum atomic E-state index is -0.526. The number of ether oxygens (including phenoxy) is 2. The van der Waals surface area contributed by atoms with E-state index in [0.717, 1.165) is 32.4 Å². The molecule has 0 bridgehead atoms. The first-order valence-electron chi connectivity index (χ1n) is 9.44. The number of rotatable bonds is 2. The highest BCUT2D eigenvalue weighted by molar-refractivity contribution is 5.95. The molecule has 27 heavy (non-hydrogen) atoms. The fourth-order valence-electron chi connectivity index (χ4n) is 4.23. The molecule has 150 valence electrons. The van der Waals surface area contributed by atoms with Gasteiger partial charge in [-0.15, -0.1) is 12.4 Å². The molecule has 3 saturated heterocycles. The van der Waals surface area contributed by atoms with E-state index in [4.69, 9.17) is 13.9 Å². The van der Waals surface area contributed by atoms with Crippen LogP contribution in [0.1, 0.15) is 46.9 Å². The molecule has 3 fully saturated rings. The van der Waals surface area contributed by atoms with Gasteiger partial charge < -0.3 is 24.1 Å². The first-order chi connectivity index (χ1) is 12.6. The van der Waals surface area contributed by atoms with E-state index in [1.807, 2.05) is 13.0 Å². The van der Waals surface area contributed by atoms with Crippen molar-refractivity contribution in [1.29, 1.82) is 0 Å². The number of morpholine rings is 1. The fraction of sp³-hybridized carbons (Fsp3) is 0.684. The van der Waals surface area contributed by atoms with Gasteiger partial charge in [-0.2, -0.15) is 0 Å². The first kappa shape index (κ1) is 20.3. The maximum atomic E-state index is 13.0. The Morgan fingerprint density at radius 1 is 1.30 bits per heavy atom. The Hall–Kier alpha value is -1.41. The van der Waals surface area contributed by atoms with E-state index in [1.165, 1.54) is 0 Å². The summed E-state index contributed by atoms with van der Waals surface area (Å²) in [5.41, 5.74) is 0.00700. The fourth-order valence-corrected chi connectivity index (χ4v) is 4.23. The summed E-state index contributed by atoms with van der Waals surface area (Å²) in [4.78, 5) is 27.4. The Bertz CT molecular complexity index is 738. The average Bonchev–Trinajstić information content (AvgIpc) is 3.09. The van der Waals surface area contributed by atoms with Crippen molar-refractivity contribution in [2.24, 2.45) is 0 Å². The van der Waals surface area contributed by atoms with Crippen LogP contribution in [0.4, 0.5) is 0 Å². The highest BCUT2D eigenvalue weighted by atomic mass is 35.5.